The van der Waals surface area contributed by atoms with Crippen LogP contribution in [0.5, 0.6) is 5.75 Å². The van der Waals surface area contributed by atoms with Crippen LogP contribution in [0.3, 0.4) is 0 Å². The molecule has 2 nitrogen and oxygen atoms in total. The molecule has 0 saturated carbocycles. The fourth-order valence-corrected chi connectivity index (χ4v) is 4.29. The van der Waals surface area contributed by atoms with Crippen molar-refractivity contribution in [3.8, 4) is 5.75 Å². The van der Waals surface area contributed by atoms with Gasteiger partial charge in [-0.3, -0.25) is 0 Å². The van der Waals surface area contributed by atoms with Crippen molar-refractivity contribution >= 4 is 11.8 Å². The highest BCUT2D eigenvalue weighted by Crippen LogP contribution is 2.33. The number of hydrogen-bond acceptors (Lipinski definition) is 3. The molecule has 2 atom stereocenters. The fraction of sp³-hybridized carbons (Fsp3) is 0.600. The van der Waals surface area contributed by atoms with E-state index in [0.717, 1.165) is 18.2 Å². The first kappa shape index (κ1) is 12.4. The van der Waals surface area contributed by atoms with E-state index in [0.29, 0.717) is 11.8 Å². The molecule has 0 aromatic heterocycles. The maximum absolute atomic E-state index is 9.65. The van der Waals surface area contributed by atoms with E-state index in [1.54, 1.807) is 0 Å². The summed E-state index contributed by atoms with van der Waals surface area (Å²) in [5.74, 6) is 1.73. The Morgan fingerprint density at radius 1 is 1.28 bits per heavy atom. The summed E-state index contributed by atoms with van der Waals surface area (Å²) >= 11 is 2.10. The van der Waals surface area contributed by atoms with Gasteiger partial charge in [0.25, 0.3) is 0 Å². The number of aromatic hydroxyl groups is 1. The number of rotatable bonds is 3. The first-order valence-electron chi connectivity index (χ1n) is 7.00. The van der Waals surface area contributed by atoms with Gasteiger partial charge in [-0.2, -0.15) is 11.8 Å². The van der Waals surface area contributed by atoms with E-state index >= 15 is 0 Å². The molecule has 1 saturated heterocycles. The second-order valence-corrected chi connectivity index (χ2v) is 6.78. The summed E-state index contributed by atoms with van der Waals surface area (Å²) in [7, 11) is 0. The van der Waals surface area contributed by atoms with Gasteiger partial charge in [0.05, 0.1) is 0 Å². The lowest BCUT2D eigenvalue weighted by Gasteiger charge is -2.27. The van der Waals surface area contributed by atoms with Crippen molar-refractivity contribution in [2.75, 3.05) is 12.3 Å². The zero-order valence-corrected chi connectivity index (χ0v) is 11.5. The number of phenols is 1. The molecule has 1 aromatic carbocycles. The van der Waals surface area contributed by atoms with Crippen molar-refractivity contribution in [1.29, 1.82) is 0 Å². The van der Waals surface area contributed by atoms with Gasteiger partial charge < -0.3 is 10.4 Å². The van der Waals surface area contributed by atoms with Crippen LogP contribution < -0.4 is 5.32 Å². The molecule has 0 bridgehead atoms. The van der Waals surface area contributed by atoms with Gasteiger partial charge >= 0.3 is 0 Å². The maximum atomic E-state index is 9.65. The predicted octanol–water partition coefficient (Wildman–Crippen LogP) is 3.25. The van der Waals surface area contributed by atoms with Crippen molar-refractivity contribution in [3.05, 3.63) is 29.3 Å². The molecule has 18 heavy (non-hydrogen) atoms. The third kappa shape index (κ3) is 2.67. The van der Waals surface area contributed by atoms with Crippen molar-refractivity contribution in [2.45, 2.75) is 43.4 Å². The predicted molar refractivity (Wildman–Crippen MR) is 77.3 cm³/mol. The average molecular weight is 263 g/mol. The Morgan fingerprint density at radius 3 is 3.06 bits per heavy atom. The lowest BCUT2D eigenvalue weighted by atomic mass is 9.87. The number of hydrogen-bond donors (Lipinski definition) is 2. The highest BCUT2D eigenvalue weighted by atomic mass is 32.2. The van der Waals surface area contributed by atoms with Crippen LogP contribution in [-0.2, 0) is 6.42 Å². The molecule has 1 aliphatic carbocycles. The number of nitrogens with one attached hydrogen (secondary N) is 1. The molecular weight excluding hydrogens is 242 g/mol. The summed E-state index contributed by atoms with van der Waals surface area (Å²) in [6.45, 7) is 1.12. The van der Waals surface area contributed by atoms with E-state index in [-0.39, 0.29) is 0 Å². The van der Waals surface area contributed by atoms with Gasteiger partial charge in [-0.15, -0.1) is 0 Å². The molecule has 1 fully saturated rings. The maximum Gasteiger partial charge on any atom is 0.115 e. The molecule has 1 aromatic rings. The normalized spacial score (nSPS) is 27.1. The molecule has 1 heterocycles. The van der Waals surface area contributed by atoms with Gasteiger partial charge in [0.15, 0.2) is 0 Å². The lowest BCUT2D eigenvalue weighted by molar-refractivity contribution is 0.445. The van der Waals surface area contributed by atoms with Crippen LogP contribution in [0.15, 0.2) is 18.2 Å². The molecule has 2 N–H and O–H groups in total. The minimum atomic E-state index is 0.401. The SMILES string of the molecule is Oc1ccc2c(c1)C(NCC1CCCS1)CCC2. The van der Waals surface area contributed by atoms with E-state index in [4.69, 9.17) is 0 Å². The number of thioether (sulfide) groups is 1. The zero-order valence-electron chi connectivity index (χ0n) is 10.7. The molecular formula is C15H21NOS. The standard InChI is InChI=1S/C15H21NOS/c17-12-7-6-11-3-1-5-15(14(11)9-12)16-10-13-4-2-8-18-13/h6-7,9,13,15-17H,1-5,8,10H2. The van der Waals surface area contributed by atoms with Crippen LogP contribution in [0.25, 0.3) is 0 Å². The smallest absolute Gasteiger partial charge is 0.115 e. The number of fused-ring (bicyclic) bond motifs is 1. The number of aryl methyl sites for hydroxylation is 1. The summed E-state index contributed by atoms with van der Waals surface area (Å²) in [6, 6.07) is 6.30. The van der Waals surface area contributed by atoms with Crippen LogP contribution in [-0.4, -0.2) is 22.7 Å². The highest BCUT2D eigenvalue weighted by molar-refractivity contribution is 8.00. The lowest BCUT2D eigenvalue weighted by Crippen LogP contribution is -2.30. The van der Waals surface area contributed by atoms with E-state index in [2.05, 4.69) is 23.1 Å². The van der Waals surface area contributed by atoms with Gasteiger partial charge in [-0.1, -0.05) is 6.07 Å². The van der Waals surface area contributed by atoms with Gasteiger partial charge in [0.1, 0.15) is 5.75 Å². The van der Waals surface area contributed by atoms with Crippen molar-refractivity contribution in [2.24, 2.45) is 0 Å². The summed E-state index contributed by atoms with van der Waals surface area (Å²) in [5.41, 5.74) is 2.74. The summed E-state index contributed by atoms with van der Waals surface area (Å²) in [4.78, 5) is 0. The first-order chi connectivity index (χ1) is 8.83. The van der Waals surface area contributed by atoms with Crippen LogP contribution in [0.1, 0.15) is 42.9 Å². The second-order valence-electron chi connectivity index (χ2n) is 5.37. The van der Waals surface area contributed by atoms with Crippen molar-refractivity contribution in [3.63, 3.8) is 0 Å². The Balaban J connectivity index is 1.68. The second kappa shape index (κ2) is 5.54. The zero-order chi connectivity index (χ0) is 12.4. The van der Waals surface area contributed by atoms with Crippen molar-refractivity contribution < 1.29 is 5.11 Å². The highest BCUT2D eigenvalue weighted by Gasteiger charge is 2.22. The molecule has 98 valence electrons. The Kier molecular flexibility index (Phi) is 3.80. The molecule has 2 aliphatic rings. The average Bonchev–Trinajstić information content (AvgIpc) is 2.89. The van der Waals surface area contributed by atoms with E-state index in [1.807, 2.05) is 12.1 Å². The molecule has 2 unspecified atom stereocenters. The number of benzene rings is 1. The largest absolute Gasteiger partial charge is 0.508 e. The summed E-state index contributed by atoms with van der Waals surface area (Å²) < 4.78 is 0. The fourth-order valence-electron chi connectivity index (χ4n) is 3.08. The molecule has 0 radical (unpaired) electrons. The van der Waals surface area contributed by atoms with Gasteiger partial charge in [-0.25, -0.2) is 0 Å². The summed E-state index contributed by atoms with van der Waals surface area (Å²) in [5, 5.41) is 14.2. The minimum absolute atomic E-state index is 0.401. The van der Waals surface area contributed by atoms with Gasteiger partial charge in [-0.05, 0) is 61.1 Å². The Hall–Kier alpha value is -0.670. The van der Waals surface area contributed by atoms with Crippen LogP contribution in [0.4, 0.5) is 0 Å². The Bertz CT molecular complexity index is 415. The molecule has 0 spiro atoms. The monoisotopic (exact) mass is 263 g/mol. The molecule has 3 rings (SSSR count). The third-order valence-electron chi connectivity index (χ3n) is 4.06. The van der Waals surface area contributed by atoms with E-state index < -0.39 is 0 Å². The molecule has 0 amide bonds. The van der Waals surface area contributed by atoms with Gasteiger partial charge in [0, 0.05) is 17.8 Å². The quantitative estimate of drug-likeness (QED) is 0.878. The Morgan fingerprint density at radius 2 is 2.22 bits per heavy atom. The van der Waals surface area contributed by atoms with E-state index in [9.17, 15) is 5.11 Å². The van der Waals surface area contributed by atoms with Gasteiger partial charge in [0.2, 0.25) is 0 Å². The topological polar surface area (TPSA) is 32.3 Å². The van der Waals surface area contributed by atoms with Crippen LogP contribution in [0, 0.1) is 0 Å². The first-order valence-corrected chi connectivity index (χ1v) is 8.04. The van der Waals surface area contributed by atoms with Crippen molar-refractivity contribution in [1.82, 2.24) is 5.32 Å². The minimum Gasteiger partial charge on any atom is -0.508 e. The van der Waals surface area contributed by atoms with Crippen LogP contribution >= 0.6 is 11.8 Å². The van der Waals surface area contributed by atoms with E-state index in [1.165, 1.54) is 42.6 Å². The molecule has 1 aliphatic heterocycles. The third-order valence-corrected chi connectivity index (χ3v) is 5.46. The number of phenolic OH excluding ortho intramolecular Hbond substituents is 1. The van der Waals surface area contributed by atoms with Crippen LogP contribution in [0.2, 0.25) is 0 Å². The Labute approximate surface area is 113 Å². The molecule has 3 heteroatoms. The summed E-state index contributed by atoms with van der Waals surface area (Å²) in [6.07, 6.45) is 6.35.